The molecule has 4 aromatic rings. The summed E-state index contributed by atoms with van der Waals surface area (Å²) in [6.07, 6.45) is -3.03. The van der Waals surface area contributed by atoms with Gasteiger partial charge in [-0.1, -0.05) is 53.6 Å². The number of anilines is 2. The molecule has 4 aromatic carbocycles. The Morgan fingerprint density at radius 1 is 0.974 bits per heavy atom. The summed E-state index contributed by atoms with van der Waals surface area (Å²) in [7, 11) is -4.42. The molecule has 0 radical (unpaired) electrons. The number of benzene rings is 4. The highest BCUT2D eigenvalue weighted by molar-refractivity contribution is 7.92. The van der Waals surface area contributed by atoms with Gasteiger partial charge in [0, 0.05) is 11.1 Å². The molecule has 10 heteroatoms. The van der Waals surface area contributed by atoms with E-state index < -0.39 is 39.2 Å². The maximum atomic E-state index is 13.6. The molecule has 0 heterocycles. The van der Waals surface area contributed by atoms with Crippen molar-refractivity contribution in [3.8, 4) is 0 Å². The van der Waals surface area contributed by atoms with Crippen molar-refractivity contribution in [3.05, 3.63) is 100 Å². The summed E-state index contributed by atoms with van der Waals surface area (Å²) in [5.41, 5.74) is 2.09. The van der Waals surface area contributed by atoms with E-state index in [-0.39, 0.29) is 10.6 Å². The number of alkyl halides is 3. The molecule has 0 atom stereocenters. The van der Waals surface area contributed by atoms with Crippen LogP contribution in [0, 0.1) is 6.92 Å². The quantitative estimate of drug-likeness (QED) is 0.284. The van der Waals surface area contributed by atoms with E-state index in [1.165, 1.54) is 12.1 Å². The molecule has 38 heavy (non-hydrogen) atoms. The molecule has 196 valence electrons. The highest BCUT2D eigenvalue weighted by Gasteiger charge is 2.35. The van der Waals surface area contributed by atoms with Crippen molar-refractivity contribution in [3.63, 3.8) is 0 Å². The van der Waals surface area contributed by atoms with Gasteiger partial charge in [-0.05, 0) is 72.7 Å². The van der Waals surface area contributed by atoms with Crippen LogP contribution in [0.1, 0.15) is 22.3 Å². The van der Waals surface area contributed by atoms with Crippen LogP contribution in [0.15, 0.2) is 77.7 Å². The first kappa shape index (κ1) is 26.1. The van der Waals surface area contributed by atoms with Crippen molar-refractivity contribution < 1.29 is 26.4 Å². The summed E-state index contributed by atoms with van der Waals surface area (Å²) >= 11 is 5.77. The summed E-state index contributed by atoms with van der Waals surface area (Å²) in [6.45, 7) is 1.02. The van der Waals surface area contributed by atoms with Crippen molar-refractivity contribution in [1.82, 2.24) is 0 Å². The molecule has 1 amide bonds. The van der Waals surface area contributed by atoms with E-state index in [4.69, 9.17) is 11.6 Å². The van der Waals surface area contributed by atoms with Gasteiger partial charge in [-0.2, -0.15) is 13.2 Å². The molecule has 1 aliphatic carbocycles. The number of hydrogen-bond acceptors (Lipinski definition) is 3. The summed E-state index contributed by atoms with van der Waals surface area (Å²) in [5, 5.41) is 4.07. The van der Waals surface area contributed by atoms with Crippen LogP contribution in [0.25, 0.3) is 10.8 Å². The van der Waals surface area contributed by atoms with Crippen molar-refractivity contribution in [2.75, 3.05) is 16.2 Å². The Morgan fingerprint density at radius 2 is 1.66 bits per heavy atom. The monoisotopic (exact) mass is 558 g/mol. The molecule has 0 fully saturated rings. The van der Waals surface area contributed by atoms with Crippen molar-refractivity contribution in [2.45, 2.75) is 30.8 Å². The van der Waals surface area contributed by atoms with Gasteiger partial charge in [-0.3, -0.25) is 9.10 Å². The van der Waals surface area contributed by atoms with Crippen LogP contribution < -0.4 is 9.62 Å². The average molecular weight is 559 g/mol. The first-order valence-electron chi connectivity index (χ1n) is 11.7. The Balaban J connectivity index is 1.54. The minimum absolute atomic E-state index is 0.162. The fourth-order valence-electron chi connectivity index (χ4n) is 4.71. The molecule has 0 aliphatic heterocycles. The topological polar surface area (TPSA) is 66.5 Å². The van der Waals surface area contributed by atoms with Crippen molar-refractivity contribution in [2.24, 2.45) is 0 Å². The van der Waals surface area contributed by atoms with E-state index in [0.29, 0.717) is 16.1 Å². The maximum Gasteiger partial charge on any atom is 0.417 e. The van der Waals surface area contributed by atoms with Gasteiger partial charge >= 0.3 is 6.18 Å². The van der Waals surface area contributed by atoms with E-state index in [0.717, 1.165) is 52.4 Å². The van der Waals surface area contributed by atoms with E-state index in [1.807, 2.05) is 24.3 Å². The highest BCUT2D eigenvalue weighted by Crippen LogP contribution is 2.38. The lowest BCUT2D eigenvalue weighted by molar-refractivity contribution is -0.137. The second-order valence-corrected chi connectivity index (χ2v) is 11.4. The van der Waals surface area contributed by atoms with Gasteiger partial charge in [-0.15, -0.1) is 0 Å². The van der Waals surface area contributed by atoms with Crippen molar-refractivity contribution >= 4 is 49.7 Å². The minimum Gasteiger partial charge on any atom is -0.324 e. The van der Waals surface area contributed by atoms with Crippen LogP contribution in [-0.2, 0) is 33.8 Å². The number of nitrogens with zero attached hydrogens (tertiary/aromatic N) is 1. The molecule has 0 saturated heterocycles. The zero-order valence-electron chi connectivity index (χ0n) is 20.1. The standard InChI is InChI=1S/C28H22ClF3N2O3S/c1-17-5-11-21(12-6-17)38(36,37)34(20-10-13-24(29)23(15-20)28(30,31)32)16-26(35)33-25-14-9-19-8-7-18-3-2-4-22(25)27(18)19/h2-6,9-15H,7-8,16H2,1H3,(H,33,35). The Bertz CT molecular complexity index is 1660. The van der Waals surface area contributed by atoms with Crippen LogP contribution in [0.5, 0.6) is 0 Å². The zero-order valence-corrected chi connectivity index (χ0v) is 21.7. The fraction of sp³-hybridized carbons (Fsp3) is 0.179. The number of carbonyl (C=O) groups is 1. The number of rotatable bonds is 6. The first-order valence-corrected chi connectivity index (χ1v) is 13.6. The Hall–Kier alpha value is -3.56. The second-order valence-electron chi connectivity index (χ2n) is 9.15. The van der Waals surface area contributed by atoms with Gasteiger partial charge in [0.25, 0.3) is 10.0 Å². The molecule has 5 nitrogen and oxygen atoms in total. The smallest absolute Gasteiger partial charge is 0.324 e. The number of sulfonamides is 1. The number of aryl methyl sites for hydroxylation is 3. The average Bonchev–Trinajstić information content (AvgIpc) is 3.29. The maximum absolute atomic E-state index is 13.6. The molecular weight excluding hydrogens is 537 g/mol. The van der Waals surface area contributed by atoms with Crippen LogP contribution in [-0.4, -0.2) is 20.9 Å². The van der Waals surface area contributed by atoms with Gasteiger partial charge in [0.15, 0.2) is 0 Å². The van der Waals surface area contributed by atoms with Crippen LogP contribution in [0.3, 0.4) is 0 Å². The van der Waals surface area contributed by atoms with E-state index in [2.05, 4.69) is 5.32 Å². The lowest BCUT2D eigenvalue weighted by atomic mass is 10.0. The number of nitrogens with one attached hydrogen (secondary N) is 1. The minimum atomic E-state index is -4.82. The van der Waals surface area contributed by atoms with Gasteiger partial charge in [0.05, 0.1) is 21.2 Å². The van der Waals surface area contributed by atoms with Gasteiger partial charge < -0.3 is 5.32 Å². The predicted octanol–water partition coefficient (Wildman–Crippen LogP) is 6.75. The Kier molecular flexibility index (Phi) is 6.61. The Morgan fingerprint density at radius 3 is 2.34 bits per heavy atom. The third-order valence-corrected chi connectivity index (χ3v) is 8.71. The largest absolute Gasteiger partial charge is 0.417 e. The normalized spacial score (nSPS) is 13.1. The summed E-state index contributed by atoms with van der Waals surface area (Å²) in [5.74, 6) is -0.706. The van der Waals surface area contributed by atoms with Crippen molar-refractivity contribution in [1.29, 1.82) is 0 Å². The number of amides is 1. The SMILES string of the molecule is Cc1ccc(S(=O)(=O)N(CC(=O)Nc2ccc3c4c(cccc24)CC3)c2ccc(Cl)c(C(F)(F)F)c2)cc1. The van der Waals surface area contributed by atoms with Crippen LogP contribution >= 0.6 is 11.6 Å². The molecule has 1 aliphatic rings. The second kappa shape index (κ2) is 9.63. The number of hydrogen-bond donors (Lipinski definition) is 1. The Labute approximate surface area is 222 Å². The van der Waals surface area contributed by atoms with E-state index in [1.54, 1.807) is 25.1 Å². The molecule has 0 unspecified atom stereocenters. The lowest BCUT2D eigenvalue weighted by Crippen LogP contribution is -2.38. The van der Waals surface area contributed by atoms with Crippen LogP contribution in [0.2, 0.25) is 5.02 Å². The number of halogens is 4. The van der Waals surface area contributed by atoms with Gasteiger partial charge in [-0.25, -0.2) is 8.42 Å². The summed E-state index contributed by atoms with van der Waals surface area (Å²) in [4.78, 5) is 13.1. The third-order valence-electron chi connectivity index (χ3n) is 6.59. The molecule has 0 aromatic heterocycles. The predicted molar refractivity (Wildman–Crippen MR) is 142 cm³/mol. The highest BCUT2D eigenvalue weighted by atomic mass is 35.5. The third kappa shape index (κ3) is 4.83. The van der Waals surface area contributed by atoms with Gasteiger partial charge in [0.2, 0.25) is 5.91 Å². The summed E-state index contributed by atoms with van der Waals surface area (Å²) in [6, 6.07) is 18.1. The number of carbonyl (C=O) groups excluding carboxylic acids is 1. The van der Waals surface area contributed by atoms with Crippen LogP contribution in [0.4, 0.5) is 24.5 Å². The molecule has 5 rings (SSSR count). The molecule has 1 N–H and O–H groups in total. The molecule has 0 spiro atoms. The van der Waals surface area contributed by atoms with Gasteiger partial charge in [0.1, 0.15) is 6.54 Å². The lowest BCUT2D eigenvalue weighted by Gasteiger charge is -2.25. The molecule has 0 bridgehead atoms. The summed E-state index contributed by atoms with van der Waals surface area (Å²) < 4.78 is 68.7. The van der Waals surface area contributed by atoms with E-state index in [9.17, 15) is 26.4 Å². The zero-order chi connectivity index (χ0) is 27.2. The molecular formula is C28H22ClF3N2O3S. The fourth-order valence-corrected chi connectivity index (χ4v) is 6.35. The molecule has 0 saturated carbocycles. The van der Waals surface area contributed by atoms with E-state index >= 15 is 0 Å². The first-order chi connectivity index (χ1) is 17.9.